The smallest absolute Gasteiger partial charge is 0.274 e. The molecule has 0 aliphatic carbocycles. The number of benzene rings is 2. The number of carbonyl (C=O) groups is 2. The molecule has 4 heterocycles. The number of ether oxygens (including phenoxy) is 4. The van der Waals surface area contributed by atoms with Crippen LogP contribution in [-0.4, -0.2) is 98.4 Å². The fourth-order valence-corrected chi connectivity index (χ4v) is 6.30. The molecule has 2 aliphatic heterocycles. The van der Waals surface area contributed by atoms with E-state index in [1.165, 1.54) is 0 Å². The molecule has 0 bridgehead atoms. The molecule has 2 aromatic carbocycles. The molecule has 2 aromatic heterocycles. The number of aromatic nitrogens is 2. The van der Waals surface area contributed by atoms with E-state index in [2.05, 4.69) is 30.4 Å². The molecule has 12 nitrogen and oxygen atoms in total. The van der Waals surface area contributed by atoms with Gasteiger partial charge in [0.15, 0.2) is 0 Å². The van der Waals surface area contributed by atoms with Crippen molar-refractivity contribution in [1.82, 2.24) is 19.8 Å². The maximum atomic E-state index is 13.4. The minimum absolute atomic E-state index is 0. The van der Waals surface area contributed by atoms with Crippen LogP contribution in [0.25, 0.3) is 11.1 Å². The van der Waals surface area contributed by atoms with Crippen LogP contribution in [-0.2, 0) is 22.6 Å². The summed E-state index contributed by atoms with van der Waals surface area (Å²) in [7, 11) is 3.20. The van der Waals surface area contributed by atoms with Gasteiger partial charge in [0, 0.05) is 89.1 Å². The van der Waals surface area contributed by atoms with Gasteiger partial charge in [0.1, 0.15) is 22.9 Å². The Hall–Kier alpha value is -4.88. The summed E-state index contributed by atoms with van der Waals surface area (Å²) in [5, 5.41) is 6.07. The molecule has 0 atom stereocenters. The lowest BCUT2D eigenvalue weighted by atomic mass is 9.94. The number of pyridine rings is 2. The highest BCUT2D eigenvalue weighted by Gasteiger charge is 2.20. The molecule has 2 fully saturated rings. The Labute approximate surface area is 295 Å². The van der Waals surface area contributed by atoms with Crippen molar-refractivity contribution < 1.29 is 31.4 Å². The molecular weight excluding hydrogens is 636 g/mol. The quantitative estimate of drug-likeness (QED) is 0.211. The standard InChI is InChI=1S/C38H44N6O6.2H2/c1-25-29(7-5-9-31(25)41-37(45)33-19-35(47-3)27(21-39-33)23-43-11-15-49-16-12-43)30-8-6-10-32(26(30)2)42-38(46)34-20-36(48-4)28(22-40-34)24-44-13-17-50-18-14-44;;/h5-10,19-22H,11-18,23-24H2,1-4H3,(H,41,45)(H,42,46);2*1H. The van der Waals surface area contributed by atoms with Gasteiger partial charge in [0.05, 0.1) is 40.6 Å². The van der Waals surface area contributed by atoms with E-state index in [1.54, 1.807) is 38.7 Å². The zero-order valence-corrected chi connectivity index (χ0v) is 29.1. The topological polar surface area (TPSA) is 127 Å². The lowest BCUT2D eigenvalue weighted by Gasteiger charge is -2.27. The highest BCUT2D eigenvalue weighted by Crippen LogP contribution is 2.34. The molecule has 266 valence electrons. The van der Waals surface area contributed by atoms with Crippen LogP contribution in [0, 0.1) is 13.8 Å². The zero-order valence-electron chi connectivity index (χ0n) is 29.1. The monoisotopic (exact) mass is 684 g/mol. The Kier molecular flexibility index (Phi) is 11.3. The number of nitrogens with zero attached hydrogens (tertiary/aromatic N) is 4. The summed E-state index contributed by atoms with van der Waals surface area (Å²) in [6.07, 6.45) is 3.42. The molecule has 0 unspecified atom stereocenters. The van der Waals surface area contributed by atoms with Gasteiger partial charge in [-0.1, -0.05) is 24.3 Å². The predicted molar refractivity (Wildman–Crippen MR) is 195 cm³/mol. The minimum Gasteiger partial charge on any atom is -0.496 e. The number of anilines is 2. The minimum atomic E-state index is -0.335. The Morgan fingerprint density at radius 1 is 0.700 bits per heavy atom. The molecule has 12 heteroatoms. The van der Waals surface area contributed by atoms with Crippen molar-refractivity contribution in [3.8, 4) is 22.6 Å². The van der Waals surface area contributed by atoms with Gasteiger partial charge in [0.25, 0.3) is 11.8 Å². The number of carbonyl (C=O) groups excluding carboxylic acids is 2. The molecule has 0 spiro atoms. The number of methoxy groups -OCH3 is 2. The normalized spacial score (nSPS) is 15.4. The van der Waals surface area contributed by atoms with Crippen LogP contribution in [0.1, 0.15) is 46.1 Å². The molecule has 2 saturated heterocycles. The lowest BCUT2D eigenvalue weighted by Crippen LogP contribution is -2.35. The Balaban J connectivity index is 0.00000302. The fraction of sp³-hybridized carbons (Fsp3) is 0.368. The maximum absolute atomic E-state index is 13.4. The van der Waals surface area contributed by atoms with Gasteiger partial charge in [-0.15, -0.1) is 0 Å². The zero-order chi connectivity index (χ0) is 35.0. The van der Waals surface area contributed by atoms with E-state index >= 15 is 0 Å². The van der Waals surface area contributed by atoms with Crippen molar-refractivity contribution in [2.24, 2.45) is 0 Å². The van der Waals surface area contributed by atoms with E-state index in [-0.39, 0.29) is 26.1 Å². The summed E-state index contributed by atoms with van der Waals surface area (Å²) in [5.74, 6) is 0.569. The van der Waals surface area contributed by atoms with E-state index in [4.69, 9.17) is 18.9 Å². The van der Waals surface area contributed by atoms with Crippen LogP contribution in [0.4, 0.5) is 11.4 Å². The van der Waals surface area contributed by atoms with Crippen molar-refractivity contribution in [1.29, 1.82) is 0 Å². The number of nitrogens with one attached hydrogen (secondary N) is 2. The van der Waals surface area contributed by atoms with Crippen molar-refractivity contribution in [3.63, 3.8) is 0 Å². The molecule has 6 rings (SSSR count). The Morgan fingerprint density at radius 3 is 1.48 bits per heavy atom. The molecule has 0 radical (unpaired) electrons. The highest BCUT2D eigenvalue weighted by molar-refractivity contribution is 6.05. The van der Waals surface area contributed by atoms with Gasteiger partial charge in [-0.2, -0.15) is 0 Å². The van der Waals surface area contributed by atoms with Crippen LogP contribution in [0.3, 0.4) is 0 Å². The average molecular weight is 685 g/mol. The summed E-state index contributed by atoms with van der Waals surface area (Å²) >= 11 is 0. The van der Waals surface area contributed by atoms with Crippen LogP contribution < -0.4 is 20.1 Å². The van der Waals surface area contributed by atoms with E-state index in [0.29, 0.717) is 62.4 Å². The van der Waals surface area contributed by atoms with E-state index in [0.717, 1.165) is 59.6 Å². The lowest BCUT2D eigenvalue weighted by molar-refractivity contribution is 0.0337. The largest absolute Gasteiger partial charge is 0.496 e. The molecule has 2 N–H and O–H groups in total. The van der Waals surface area contributed by atoms with Crippen molar-refractivity contribution in [2.45, 2.75) is 26.9 Å². The number of hydrogen-bond donors (Lipinski definition) is 2. The highest BCUT2D eigenvalue weighted by atomic mass is 16.5. The van der Waals surface area contributed by atoms with Crippen LogP contribution >= 0.6 is 0 Å². The van der Waals surface area contributed by atoms with Gasteiger partial charge in [-0.3, -0.25) is 29.4 Å². The third-order valence-corrected chi connectivity index (χ3v) is 9.24. The average Bonchev–Trinajstić information content (AvgIpc) is 3.14. The van der Waals surface area contributed by atoms with Gasteiger partial charge in [0.2, 0.25) is 0 Å². The Bertz CT molecular complexity index is 1720. The summed E-state index contributed by atoms with van der Waals surface area (Å²) < 4.78 is 22.2. The van der Waals surface area contributed by atoms with Crippen molar-refractivity contribution in [2.75, 3.05) is 77.5 Å². The third-order valence-electron chi connectivity index (χ3n) is 9.24. The Morgan fingerprint density at radius 2 is 1.10 bits per heavy atom. The SMILES string of the molecule is COc1cc(C(=O)Nc2cccc(-c3cccc(NC(=O)c4cc(OC)c(CN5CCOCC5)cn4)c3C)c2C)ncc1CN1CCOCC1.[HH].[HH]. The molecule has 4 aromatic rings. The second kappa shape index (κ2) is 16.2. The van der Waals surface area contributed by atoms with Crippen LogP contribution in [0.5, 0.6) is 11.5 Å². The molecular formula is C38H48N6O6. The van der Waals surface area contributed by atoms with E-state index in [9.17, 15) is 9.59 Å². The van der Waals surface area contributed by atoms with Crippen LogP contribution in [0.2, 0.25) is 0 Å². The van der Waals surface area contributed by atoms with E-state index in [1.807, 2.05) is 50.2 Å². The first-order chi connectivity index (χ1) is 24.3. The number of rotatable bonds is 11. The molecule has 2 aliphatic rings. The number of hydrogen-bond acceptors (Lipinski definition) is 10. The van der Waals surface area contributed by atoms with E-state index < -0.39 is 0 Å². The number of morpholine rings is 2. The fourth-order valence-electron chi connectivity index (χ4n) is 6.30. The van der Waals surface area contributed by atoms with Crippen molar-refractivity contribution >= 4 is 23.2 Å². The van der Waals surface area contributed by atoms with Gasteiger partial charge in [-0.05, 0) is 48.2 Å². The maximum Gasteiger partial charge on any atom is 0.274 e. The van der Waals surface area contributed by atoms with Crippen LogP contribution in [0.15, 0.2) is 60.9 Å². The first kappa shape index (κ1) is 35.0. The first-order valence-corrected chi connectivity index (χ1v) is 16.8. The summed E-state index contributed by atoms with van der Waals surface area (Å²) in [5.41, 5.74) is 7.29. The predicted octanol–water partition coefficient (Wildman–Crippen LogP) is 5.44. The summed E-state index contributed by atoms with van der Waals surface area (Å²) in [4.78, 5) is 40.3. The van der Waals surface area contributed by atoms with Gasteiger partial charge < -0.3 is 29.6 Å². The molecule has 50 heavy (non-hydrogen) atoms. The second-order valence-electron chi connectivity index (χ2n) is 12.4. The molecule has 0 saturated carbocycles. The second-order valence-corrected chi connectivity index (χ2v) is 12.4. The summed E-state index contributed by atoms with van der Waals surface area (Å²) in [6.45, 7) is 11.4. The number of amides is 2. The molecule has 2 amide bonds. The van der Waals surface area contributed by atoms with Gasteiger partial charge in [-0.25, -0.2) is 0 Å². The van der Waals surface area contributed by atoms with Crippen molar-refractivity contribution in [3.05, 3.63) is 94.6 Å². The first-order valence-electron chi connectivity index (χ1n) is 16.8. The third kappa shape index (κ3) is 8.11. The summed E-state index contributed by atoms with van der Waals surface area (Å²) in [6, 6.07) is 14.9. The van der Waals surface area contributed by atoms with Gasteiger partial charge >= 0.3 is 0 Å².